The van der Waals surface area contributed by atoms with E-state index in [4.69, 9.17) is 11.6 Å². The van der Waals surface area contributed by atoms with Gasteiger partial charge in [-0.15, -0.1) is 0 Å². The Hall–Kier alpha value is -4.25. The molecule has 10 rings (SSSR count). The number of halogens is 4. The van der Waals surface area contributed by atoms with E-state index in [1.807, 2.05) is 52.0 Å². The maximum Gasteiger partial charge on any atom is 0.417 e. The van der Waals surface area contributed by atoms with Gasteiger partial charge in [0.15, 0.2) is 0 Å². The fourth-order valence-electron chi connectivity index (χ4n) is 10.8. The fourth-order valence-corrected chi connectivity index (χ4v) is 11.1. The third-order valence-corrected chi connectivity index (χ3v) is 14.3. The first-order valence-corrected chi connectivity index (χ1v) is 22.6. The van der Waals surface area contributed by atoms with Crippen molar-refractivity contribution in [3.05, 3.63) is 135 Å². The minimum atomic E-state index is -4.63. The summed E-state index contributed by atoms with van der Waals surface area (Å²) < 4.78 is 39.8. The minimum absolute atomic E-state index is 0.0167. The number of piperidine rings is 4. The van der Waals surface area contributed by atoms with Gasteiger partial charge in [-0.25, -0.2) is 0 Å². The van der Waals surface area contributed by atoms with Crippen LogP contribution in [0.15, 0.2) is 91.3 Å². The van der Waals surface area contributed by atoms with Crippen LogP contribution in [0, 0.1) is 25.7 Å². The molecule has 4 aromatic rings. The number of nitrogens with one attached hydrogen (secondary N) is 2. The van der Waals surface area contributed by atoms with Crippen LogP contribution in [-0.4, -0.2) is 64.4 Å². The molecular formula is C50H63ClF3N5O2. The van der Waals surface area contributed by atoms with Crippen LogP contribution in [0.1, 0.15) is 139 Å². The van der Waals surface area contributed by atoms with Crippen molar-refractivity contribution in [3.63, 3.8) is 0 Å². The lowest BCUT2D eigenvalue weighted by Gasteiger charge is -2.58. The third-order valence-electron chi connectivity index (χ3n) is 13.9. The Morgan fingerprint density at radius 1 is 0.770 bits per heavy atom. The van der Waals surface area contributed by atoms with Crippen molar-refractivity contribution in [1.82, 2.24) is 25.4 Å². The molecular weight excluding hydrogens is 795 g/mol. The predicted molar refractivity (Wildman–Crippen MR) is 239 cm³/mol. The number of benzene rings is 3. The van der Waals surface area contributed by atoms with E-state index >= 15 is 0 Å². The average Bonchev–Trinajstić information content (AvgIpc) is 3.27. The molecule has 3 aromatic carbocycles. The van der Waals surface area contributed by atoms with Gasteiger partial charge in [-0.1, -0.05) is 93.0 Å². The van der Waals surface area contributed by atoms with E-state index < -0.39 is 28.7 Å². The number of likely N-dealkylation sites (N-methyl/N-ethyl adjacent to an activating group) is 1. The van der Waals surface area contributed by atoms with Crippen LogP contribution < -0.4 is 10.6 Å². The first kappa shape index (κ1) is 46.3. The van der Waals surface area contributed by atoms with Gasteiger partial charge in [0.2, 0.25) is 0 Å². The Labute approximate surface area is 365 Å². The molecule has 0 spiro atoms. The fraction of sp³-hybridized carbons (Fsp3) is 0.500. The Morgan fingerprint density at radius 3 is 1.90 bits per heavy atom. The second-order valence-electron chi connectivity index (χ2n) is 17.4. The van der Waals surface area contributed by atoms with E-state index in [0.29, 0.717) is 5.92 Å². The molecule has 6 aliphatic rings. The number of aromatic nitrogens is 1. The molecule has 2 N–H and O–H groups in total. The Morgan fingerprint density at radius 2 is 1.33 bits per heavy atom. The molecule has 4 bridgehead atoms. The van der Waals surface area contributed by atoms with Gasteiger partial charge in [-0.2, -0.15) is 13.2 Å². The number of carbonyl (C=O) groups excluding carboxylic acids is 2. The highest BCUT2D eigenvalue weighted by atomic mass is 35.5. The molecule has 2 amide bonds. The molecule has 6 fully saturated rings. The SMILES string of the molecule is CC.CCCN1CC2CCC1(C(NC(=O)c1c(C)cccc1C)c1ccccc1)CC2.CN1CC2CCC1(C(NC(=O)c1cccc(C(F)(F)F)c1Cl)c1cccnc1)CC2. The zero-order valence-electron chi connectivity index (χ0n) is 36.6. The van der Waals surface area contributed by atoms with Crippen molar-refractivity contribution in [2.45, 2.75) is 122 Å². The number of aryl methyl sites for hydroxylation is 2. The molecule has 2 aliphatic carbocycles. The number of fused-ring (bicyclic) bond motifs is 6. The van der Waals surface area contributed by atoms with E-state index in [-0.39, 0.29) is 28.6 Å². The van der Waals surface area contributed by atoms with Crippen molar-refractivity contribution >= 4 is 23.4 Å². The van der Waals surface area contributed by atoms with Gasteiger partial charge < -0.3 is 10.6 Å². The van der Waals surface area contributed by atoms with Gasteiger partial charge >= 0.3 is 6.18 Å². The second-order valence-corrected chi connectivity index (χ2v) is 17.7. The van der Waals surface area contributed by atoms with E-state index in [1.165, 1.54) is 49.9 Å². The topological polar surface area (TPSA) is 77.6 Å². The summed E-state index contributed by atoms with van der Waals surface area (Å²) in [6, 6.07) is 23.5. The quantitative estimate of drug-likeness (QED) is 0.166. The highest BCUT2D eigenvalue weighted by Gasteiger charge is 2.52. The number of hydrogen-bond donors (Lipinski definition) is 2. The summed E-state index contributed by atoms with van der Waals surface area (Å²) in [4.78, 5) is 35.9. The van der Waals surface area contributed by atoms with Gasteiger partial charge in [0, 0.05) is 42.1 Å². The van der Waals surface area contributed by atoms with E-state index in [0.717, 1.165) is 79.4 Å². The van der Waals surface area contributed by atoms with Crippen LogP contribution >= 0.6 is 11.6 Å². The van der Waals surface area contributed by atoms with E-state index in [2.05, 4.69) is 69.7 Å². The van der Waals surface area contributed by atoms with Crippen LogP contribution in [-0.2, 0) is 6.18 Å². The zero-order valence-corrected chi connectivity index (χ0v) is 37.4. The standard InChI is InChI=1S/C26H34N2O.C22H23ClF3N3O.C2H6/c1-4-17-28-18-21-13-15-26(28,16-14-21)24(22-11-6-5-7-12-22)27-25(29)23-19(2)9-8-10-20(23)3;1-29-13-14-7-9-21(29,10-8-14)19(15-4-3-11-27-12-15)28-20(30)16-5-2-6-17(18(16)23)22(24,25)26;1-2/h5-12,21,24H,4,13-18H2,1-3H3,(H,27,29);2-6,11-12,14,19H,7-10,13H2,1H3,(H,28,30);1-2H3. The van der Waals surface area contributed by atoms with Crippen molar-refractivity contribution in [2.24, 2.45) is 11.8 Å². The molecule has 11 heteroatoms. The molecule has 328 valence electrons. The summed E-state index contributed by atoms with van der Waals surface area (Å²) in [6.45, 7) is 13.6. The second kappa shape index (κ2) is 19.9. The van der Waals surface area contributed by atoms with Crippen LogP contribution in [0.25, 0.3) is 0 Å². The van der Waals surface area contributed by atoms with Crippen LogP contribution in [0.4, 0.5) is 13.2 Å². The predicted octanol–water partition coefficient (Wildman–Crippen LogP) is 11.6. The van der Waals surface area contributed by atoms with Gasteiger partial charge in [-0.05, 0) is 138 Å². The summed E-state index contributed by atoms with van der Waals surface area (Å²) >= 11 is 6.01. The Balaban J connectivity index is 0.000000196. The zero-order chi connectivity index (χ0) is 44.0. The number of carbonyl (C=O) groups is 2. The minimum Gasteiger partial charge on any atom is -0.343 e. The maximum atomic E-state index is 13.5. The number of hydrogen-bond acceptors (Lipinski definition) is 5. The average molecular weight is 859 g/mol. The normalized spacial score (nSPS) is 24.4. The van der Waals surface area contributed by atoms with Crippen LogP contribution in [0.2, 0.25) is 5.02 Å². The molecule has 2 saturated carbocycles. The van der Waals surface area contributed by atoms with Crippen molar-refractivity contribution in [3.8, 4) is 0 Å². The van der Waals surface area contributed by atoms with Gasteiger partial charge in [-0.3, -0.25) is 24.4 Å². The lowest BCUT2D eigenvalue weighted by Crippen LogP contribution is -2.64. The summed E-state index contributed by atoms with van der Waals surface area (Å²) in [5.41, 5.74) is 3.52. The van der Waals surface area contributed by atoms with Gasteiger partial charge in [0.05, 0.1) is 28.2 Å². The molecule has 0 radical (unpaired) electrons. The van der Waals surface area contributed by atoms with Crippen molar-refractivity contribution in [1.29, 1.82) is 0 Å². The highest BCUT2D eigenvalue weighted by Crippen LogP contribution is 2.51. The summed E-state index contributed by atoms with van der Waals surface area (Å²) in [5, 5.41) is 5.96. The Bertz CT molecular complexity index is 2060. The molecule has 5 heterocycles. The molecule has 4 saturated heterocycles. The summed E-state index contributed by atoms with van der Waals surface area (Å²) in [7, 11) is 2.05. The van der Waals surface area contributed by atoms with Crippen molar-refractivity contribution in [2.75, 3.05) is 26.7 Å². The first-order chi connectivity index (χ1) is 29.3. The number of amides is 2. The number of alkyl halides is 3. The number of rotatable bonds is 10. The van der Waals surface area contributed by atoms with Gasteiger partial charge in [0.1, 0.15) is 0 Å². The lowest BCUT2D eigenvalue weighted by molar-refractivity contribution is -0.137. The van der Waals surface area contributed by atoms with Crippen molar-refractivity contribution < 1.29 is 22.8 Å². The molecule has 7 nitrogen and oxygen atoms in total. The molecule has 1 aromatic heterocycles. The third kappa shape index (κ3) is 9.72. The summed E-state index contributed by atoms with van der Waals surface area (Å²) in [6.07, 6.45) is 8.75. The van der Waals surface area contributed by atoms with E-state index in [9.17, 15) is 22.8 Å². The largest absolute Gasteiger partial charge is 0.417 e. The van der Waals surface area contributed by atoms with Gasteiger partial charge in [0.25, 0.3) is 11.8 Å². The summed E-state index contributed by atoms with van der Waals surface area (Å²) in [5.74, 6) is 0.928. The monoisotopic (exact) mass is 857 g/mol. The lowest BCUT2D eigenvalue weighted by atomic mass is 9.65. The molecule has 4 aliphatic heterocycles. The molecule has 61 heavy (non-hydrogen) atoms. The maximum absolute atomic E-state index is 13.5. The number of nitrogens with zero attached hydrogens (tertiary/aromatic N) is 3. The smallest absolute Gasteiger partial charge is 0.343 e. The van der Waals surface area contributed by atoms with Crippen LogP contribution in [0.5, 0.6) is 0 Å². The first-order valence-electron chi connectivity index (χ1n) is 22.2. The van der Waals surface area contributed by atoms with Crippen LogP contribution in [0.3, 0.4) is 0 Å². The molecule has 2 atom stereocenters. The molecule has 2 unspecified atom stereocenters. The van der Waals surface area contributed by atoms with E-state index in [1.54, 1.807) is 18.5 Å². The number of pyridine rings is 1. The highest BCUT2D eigenvalue weighted by molar-refractivity contribution is 6.34. The Kier molecular flexibility index (Phi) is 15.1.